The lowest BCUT2D eigenvalue weighted by Crippen LogP contribution is -2.45. The van der Waals surface area contributed by atoms with Crippen molar-refractivity contribution in [2.75, 3.05) is 18.3 Å². The largest absolute Gasteiger partial charge is 0.478 e. The zero-order valence-electron chi connectivity index (χ0n) is 18.1. The Morgan fingerprint density at radius 2 is 1.87 bits per heavy atom. The molecular weight excluding hydrogens is 432 g/mol. The zero-order chi connectivity index (χ0) is 22.4. The van der Waals surface area contributed by atoms with E-state index in [0.717, 1.165) is 17.3 Å². The van der Waals surface area contributed by atoms with Gasteiger partial charge >= 0.3 is 5.97 Å². The molecule has 8 heteroatoms. The van der Waals surface area contributed by atoms with Crippen molar-refractivity contribution >= 4 is 31.3 Å². The predicted molar refractivity (Wildman–Crippen MR) is 125 cm³/mol. The van der Waals surface area contributed by atoms with Gasteiger partial charge in [-0.2, -0.15) is 5.01 Å². The summed E-state index contributed by atoms with van der Waals surface area (Å²) < 4.78 is 12.1. The average Bonchev–Trinajstić information content (AvgIpc) is 3.08. The number of hydrogen-bond donors (Lipinski definition) is 1. The summed E-state index contributed by atoms with van der Waals surface area (Å²) in [5.41, 5.74) is 1.85. The van der Waals surface area contributed by atoms with Crippen LogP contribution in [0.15, 0.2) is 66.4 Å². The van der Waals surface area contributed by atoms with Gasteiger partial charge in [0.05, 0.1) is 12.3 Å². The van der Waals surface area contributed by atoms with Gasteiger partial charge in [0.2, 0.25) is 0 Å². The van der Waals surface area contributed by atoms with Crippen LogP contribution < -0.4 is 5.01 Å². The van der Waals surface area contributed by atoms with Gasteiger partial charge in [0.1, 0.15) is 12.3 Å². The van der Waals surface area contributed by atoms with Crippen molar-refractivity contribution < 1.29 is 19.4 Å². The van der Waals surface area contributed by atoms with Crippen LogP contribution in [0.2, 0.25) is 30.7 Å². The Balaban J connectivity index is 1.82. The molecule has 1 unspecified atom stereocenters. The number of halogens is 1. The summed E-state index contributed by atoms with van der Waals surface area (Å²) in [7, 11) is -1.24. The van der Waals surface area contributed by atoms with E-state index in [1.807, 2.05) is 42.5 Å². The number of ether oxygens (including phenoxy) is 2. The molecule has 0 amide bonds. The lowest BCUT2D eigenvalue weighted by molar-refractivity contribution is -0.138. The fraction of sp³-hybridized carbons (Fsp3) is 0.348. The van der Waals surface area contributed by atoms with Crippen LogP contribution in [0, 0.1) is 0 Å². The van der Waals surface area contributed by atoms with Crippen LogP contribution >= 0.6 is 11.6 Å². The second-order valence-corrected chi connectivity index (χ2v) is 14.7. The number of nitrogens with zero attached hydrogens (tertiary/aromatic N) is 2. The summed E-state index contributed by atoms with van der Waals surface area (Å²) in [6.45, 7) is 7.97. The van der Waals surface area contributed by atoms with Crippen molar-refractivity contribution in [2.24, 2.45) is 0 Å². The highest BCUT2D eigenvalue weighted by atomic mass is 35.5. The second-order valence-electron chi connectivity index (χ2n) is 8.65. The fourth-order valence-electron chi connectivity index (χ4n) is 3.14. The molecule has 6 nitrogen and oxygen atoms in total. The van der Waals surface area contributed by atoms with Gasteiger partial charge in [0, 0.05) is 25.9 Å². The van der Waals surface area contributed by atoms with Crippen LogP contribution in [0.4, 0.5) is 5.69 Å². The Kier molecular flexibility index (Phi) is 7.91. The Morgan fingerprint density at radius 1 is 1.13 bits per heavy atom. The molecule has 31 heavy (non-hydrogen) atoms. The minimum absolute atomic E-state index is 0.143. The van der Waals surface area contributed by atoms with E-state index in [1.54, 1.807) is 28.4 Å². The first-order chi connectivity index (χ1) is 14.7. The smallest absolute Gasteiger partial charge is 0.337 e. The summed E-state index contributed by atoms with van der Waals surface area (Å²) in [5.74, 6) is -1.03. The van der Waals surface area contributed by atoms with Crippen molar-refractivity contribution in [2.45, 2.75) is 38.5 Å². The number of anilines is 1. The normalized spacial score (nSPS) is 17.1. The highest BCUT2D eigenvalue weighted by molar-refractivity contribution is 6.76. The standard InChI is InChI=1S/C23H29ClN2O4Si/c1-31(2,3)13-12-29-17-26-22(30-16-18-8-5-4-6-9-18)21(23(27)28)15-25(26)20-11-7-10-19(24)14-20/h4-11,14-15,22H,12-13,16-17H2,1-3H3,(H,27,28). The van der Waals surface area contributed by atoms with Gasteiger partial charge in [0.15, 0.2) is 6.23 Å². The van der Waals surface area contributed by atoms with Crippen LogP contribution in [-0.4, -0.2) is 43.7 Å². The minimum Gasteiger partial charge on any atom is -0.478 e. The molecule has 0 spiro atoms. The molecule has 2 aromatic carbocycles. The first-order valence-corrected chi connectivity index (χ1v) is 14.3. The lowest BCUT2D eigenvalue weighted by atomic mass is 10.2. The van der Waals surface area contributed by atoms with E-state index in [4.69, 9.17) is 21.1 Å². The maximum absolute atomic E-state index is 12.0. The molecule has 0 bridgehead atoms. The van der Waals surface area contributed by atoms with Gasteiger partial charge < -0.3 is 14.6 Å². The van der Waals surface area contributed by atoms with E-state index in [9.17, 15) is 9.90 Å². The van der Waals surface area contributed by atoms with Gasteiger partial charge in [-0.05, 0) is 29.8 Å². The molecule has 0 saturated carbocycles. The molecule has 2 aromatic rings. The van der Waals surface area contributed by atoms with Crippen molar-refractivity contribution in [3.8, 4) is 0 Å². The molecule has 3 rings (SSSR count). The summed E-state index contributed by atoms with van der Waals surface area (Å²) in [6, 6.07) is 18.0. The Bertz CT molecular complexity index is 917. The van der Waals surface area contributed by atoms with Crippen LogP contribution in [0.25, 0.3) is 0 Å². The van der Waals surface area contributed by atoms with Crippen LogP contribution in [0.1, 0.15) is 5.56 Å². The minimum atomic E-state index is -1.24. The van der Waals surface area contributed by atoms with E-state index in [-0.39, 0.29) is 18.9 Å². The highest BCUT2D eigenvalue weighted by Crippen LogP contribution is 2.31. The molecule has 1 atom stereocenters. The van der Waals surface area contributed by atoms with Crippen LogP contribution in [-0.2, 0) is 20.9 Å². The summed E-state index contributed by atoms with van der Waals surface area (Å²) in [4.78, 5) is 12.0. The van der Waals surface area contributed by atoms with E-state index in [1.165, 1.54) is 0 Å². The third kappa shape index (κ3) is 6.66. The number of carboxylic acids is 1. The van der Waals surface area contributed by atoms with Crippen molar-refractivity contribution in [3.05, 3.63) is 77.0 Å². The van der Waals surface area contributed by atoms with Gasteiger partial charge in [0.25, 0.3) is 0 Å². The van der Waals surface area contributed by atoms with Gasteiger partial charge in [-0.15, -0.1) is 0 Å². The summed E-state index contributed by atoms with van der Waals surface area (Å²) >= 11 is 6.18. The Hall–Kier alpha value is -2.16. The topological polar surface area (TPSA) is 62.2 Å². The third-order valence-corrected chi connectivity index (χ3v) is 6.80. The summed E-state index contributed by atoms with van der Waals surface area (Å²) in [5, 5.41) is 13.9. The second kappa shape index (κ2) is 10.4. The van der Waals surface area contributed by atoms with Crippen LogP contribution in [0.5, 0.6) is 0 Å². The number of hydrogen-bond acceptors (Lipinski definition) is 5. The number of rotatable bonds is 10. The quantitative estimate of drug-likeness (QED) is 0.388. The van der Waals surface area contributed by atoms with Gasteiger partial charge in [-0.1, -0.05) is 67.6 Å². The van der Waals surface area contributed by atoms with E-state index in [2.05, 4.69) is 19.6 Å². The van der Waals surface area contributed by atoms with Gasteiger partial charge in [-0.25, -0.2) is 4.79 Å². The molecule has 1 aliphatic heterocycles. The monoisotopic (exact) mass is 460 g/mol. The SMILES string of the molecule is C[Si](C)(C)CCOCN1C(OCc2ccccc2)C(C(=O)O)=CN1c1cccc(Cl)c1. The van der Waals surface area contributed by atoms with E-state index < -0.39 is 20.3 Å². The third-order valence-electron chi connectivity index (χ3n) is 4.87. The van der Waals surface area contributed by atoms with Crippen molar-refractivity contribution in [3.63, 3.8) is 0 Å². The molecule has 0 saturated heterocycles. The molecule has 0 radical (unpaired) electrons. The highest BCUT2D eigenvalue weighted by Gasteiger charge is 2.38. The number of carbonyl (C=O) groups is 1. The number of hydrazine groups is 1. The maximum Gasteiger partial charge on any atom is 0.337 e. The van der Waals surface area contributed by atoms with Crippen molar-refractivity contribution in [1.29, 1.82) is 0 Å². The lowest BCUT2D eigenvalue weighted by Gasteiger charge is -2.33. The molecule has 0 aliphatic carbocycles. The molecule has 0 aromatic heterocycles. The first-order valence-electron chi connectivity index (χ1n) is 10.2. The summed E-state index contributed by atoms with van der Waals surface area (Å²) in [6.07, 6.45) is 0.787. The van der Waals surface area contributed by atoms with E-state index in [0.29, 0.717) is 11.6 Å². The molecule has 1 heterocycles. The number of aliphatic carboxylic acids is 1. The van der Waals surface area contributed by atoms with Crippen molar-refractivity contribution in [1.82, 2.24) is 5.01 Å². The average molecular weight is 461 g/mol. The first kappa shape index (κ1) is 23.5. The molecular formula is C23H29ClN2O4Si. The number of benzene rings is 2. The predicted octanol–water partition coefficient (Wildman–Crippen LogP) is 5.20. The van der Waals surface area contributed by atoms with E-state index >= 15 is 0 Å². The molecule has 0 fully saturated rings. The molecule has 166 valence electrons. The Labute approximate surface area is 189 Å². The van der Waals surface area contributed by atoms with Crippen LogP contribution in [0.3, 0.4) is 0 Å². The zero-order valence-corrected chi connectivity index (χ0v) is 19.9. The van der Waals surface area contributed by atoms with Gasteiger partial charge in [-0.3, -0.25) is 5.01 Å². The fourth-order valence-corrected chi connectivity index (χ4v) is 4.08. The molecule has 1 N–H and O–H groups in total. The number of carboxylic acid groups (broad SMARTS) is 1. The molecule has 1 aliphatic rings. The maximum atomic E-state index is 12.0. The Morgan fingerprint density at radius 3 is 2.52 bits per heavy atom.